The molecule has 0 amide bonds. The Morgan fingerprint density at radius 3 is 2.81 bits per heavy atom. The lowest BCUT2D eigenvalue weighted by molar-refractivity contribution is 0.603. The summed E-state index contributed by atoms with van der Waals surface area (Å²) >= 11 is 0. The van der Waals surface area contributed by atoms with Crippen molar-refractivity contribution in [3.8, 4) is 0 Å². The Bertz CT molecular complexity index is 444. The molecule has 0 spiro atoms. The predicted octanol–water partition coefficient (Wildman–Crippen LogP) is 0.626. The van der Waals surface area contributed by atoms with Gasteiger partial charge >= 0.3 is 0 Å². The van der Waals surface area contributed by atoms with E-state index in [4.69, 9.17) is 0 Å². The van der Waals surface area contributed by atoms with Crippen molar-refractivity contribution in [2.24, 2.45) is 0 Å². The largest absolute Gasteiger partial charge is 0.351 e. The number of aromatic nitrogens is 2. The second-order valence-corrected chi connectivity index (χ2v) is 5.14. The zero-order valence-electron chi connectivity index (χ0n) is 9.98. The van der Waals surface area contributed by atoms with Crippen LogP contribution in [-0.2, 0) is 13.0 Å². The second-order valence-electron chi connectivity index (χ2n) is 5.14. The quantitative estimate of drug-likeness (QED) is 0.651. The highest BCUT2D eigenvalue weighted by atomic mass is 16.1. The van der Waals surface area contributed by atoms with E-state index >= 15 is 0 Å². The van der Waals surface area contributed by atoms with Crippen LogP contribution in [0, 0.1) is 0 Å². The lowest BCUT2D eigenvalue weighted by atomic mass is 10.1. The minimum absolute atomic E-state index is 0.0155. The molecule has 1 aromatic rings. The first-order valence-electron chi connectivity index (χ1n) is 5.57. The monoisotopic (exact) mass is 222 g/mol. The molecule has 1 aliphatic rings. The molecule has 1 aromatic heterocycles. The maximum Gasteiger partial charge on any atom is 0.255 e. The molecule has 5 heteroatoms. The van der Waals surface area contributed by atoms with E-state index in [1.54, 1.807) is 0 Å². The van der Waals surface area contributed by atoms with Gasteiger partial charge < -0.3 is 10.6 Å². The first-order valence-corrected chi connectivity index (χ1v) is 5.57. The highest BCUT2D eigenvalue weighted by Gasteiger charge is 2.17. The van der Waals surface area contributed by atoms with Gasteiger partial charge in [-0.1, -0.05) is 0 Å². The molecule has 1 aliphatic heterocycles. The van der Waals surface area contributed by atoms with Crippen LogP contribution in [-0.4, -0.2) is 22.1 Å². The van der Waals surface area contributed by atoms with Gasteiger partial charge in [-0.15, -0.1) is 0 Å². The van der Waals surface area contributed by atoms with Crippen LogP contribution in [0.3, 0.4) is 0 Å². The number of nitrogens with one attached hydrogen (secondary N) is 3. The number of H-pyrrole nitrogens is 1. The van der Waals surface area contributed by atoms with Crippen molar-refractivity contribution in [3.05, 3.63) is 21.6 Å². The first kappa shape index (κ1) is 11.1. The molecular formula is C11H18N4O. The average molecular weight is 222 g/mol. The number of aromatic amines is 1. The van der Waals surface area contributed by atoms with Crippen molar-refractivity contribution in [1.82, 2.24) is 15.3 Å². The van der Waals surface area contributed by atoms with Crippen LogP contribution in [0.2, 0.25) is 0 Å². The van der Waals surface area contributed by atoms with Crippen LogP contribution in [0.4, 0.5) is 5.95 Å². The van der Waals surface area contributed by atoms with Gasteiger partial charge in [0.2, 0.25) is 5.95 Å². The van der Waals surface area contributed by atoms with E-state index in [-0.39, 0.29) is 11.1 Å². The van der Waals surface area contributed by atoms with Crippen LogP contribution < -0.4 is 16.2 Å². The van der Waals surface area contributed by atoms with Gasteiger partial charge in [-0.3, -0.25) is 9.78 Å². The molecule has 0 aliphatic carbocycles. The van der Waals surface area contributed by atoms with Crippen LogP contribution in [0.1, 0.15) is 32.0 Å². The van der Waals surface area contributed by atoms with Crippen molar-refractivity contribution >= 4 is 5.95 Å². The summed E-state index contributed by atoms with van der Waals surface area (Å²) in [5, 5.41) is 6.39. The Morgan fingerprint density at radius 2 is 2.12 bits per heavy atom. The normalized spacial score (nSPS) is 15.7. The van der Waals surface area contributed by atoms with E-state index in [1.807, 2.05) is 20.8 Å². The third-order valence-electron chi connectivity index (χ3n) is 2.44. The molecule has 0 radical (unpaired) electrons. The summed E-state index contributed by atoms with van der Waals surface area (Å²) in [5.41, 5.74) is 1.56. The molecular weight excluding hydrogens is 204 g/mol. The number of nitrogens with zero attached hydrogens (tertiary/aromatic N) is 1. The molecule has 88 valence electrons. The number of anilines is 1. The minimum Gasteiger partial charge on any atom is -0.351 e. The second kappa shape index (κ2) is 3.90. The number of rotatable bonds is 1. The van der Waals surface area contributed by atoms with Gasteiger partial charge in [0, 0.05) is 17.6 Å². The highest BCUT2D eigenvalue weighted by Crippen LogP contribution is 2.12. The minimum atomic E-state index is -0.105. The van der Waals surface area contributed by atoms with Crippen molar-refractivity contribution < 1.29 is 0 Å². The van der Waals surface area contributed by atoms with Crippen molar-refractivity contribution in [1.29, 1.82) is 0 Å². The Hall–Kier alpha value is -1.36. The molecule has 0 bridgehead atoms. The van der Waals surface area contributed by atoms with Gasteiger partial charge in [0.25, 0.3) is 5.56 Å². The van der Waals surface area contributed by atoms with Crippen LogP contribution >= 0.6 is 0 Å². The molecule has 0 fully saturated rings. The molecule has 5 nitrogen and oxygen atoms in total. The molecule has 0 unspecified atom stereocenters. The third-order valence-corrected chi connectivity index (χ3v) is 2.44. The zero-order chi connectivity index (χ0) is 11.8. The molecule has 0 saturated carbocycles. The van der Waals surface area contributed by atoms with Crippen LogP contribution in [0.5, 0.6) is 0 Å². The van der Waals surface area contributed by atoms with Crippen LogP contribution in [0.25, 0.3) is 0 Å². The third kappa shape index (κ3) is 2.41. The van der Waals surface area contributed by atoms with E-state index < -0.39 is 0 Å². The SMILES string of the molecule is CC(C)(C)Nc1nc2c(c(=O)[nH]1)CCNC2. The molecule has 0 aromatic carbocycles. The fraction of sp³-hybridized carbons (Fsp3) is 0.636. The number of hydrogen-bond donors (Lipinski definition) is 3. The highest BCUT2D eigenvalue weighted by molar-refractivity contribution is 5.33. The average Bonchev–Trinajstić information content (AvgIpc) is 2.15. The van der Waals surface area contributed by atoms with Crippen molar-refractivity contribution in [2.45, 2.75) is 39.3 Å². The molecule has 3 N–H and O–H groups in total. The van der Waals surface area contributed by atoms with Gasteiger partial charge in [0.15, 0.2) is 0 Å². The standard InChI is InChI=1S/C11H18N4O/c1-11(2,3)15-10-13-8-6-12-5-4-7(8)9(16)14-10/h12H,4-6H2,1-3H3,(H2,13,14,15,16). The number of fused-ring (bicyclic) bond motifs is 1. The summed E-state index contributed by atoms with van der Waals surface area (Å²) < 4.78 is 0. The fourth-order valence-corrected chi connectivity index (χ4v) is 1.78. The summed E-state index contributed by atoms with van der Waals surface area (Å²) in [4.78, 5) is 19.0. The van der Waals surface area contributed by atoms with Gasteiger partial charge in [-0.2, -0.15) is 0 Å². The molecule has 16 heavy (non-hydrogen) atoms. The van der Waals surface area contributed by atoms with Crippen molar-refractivity contribution in [2.75, 3.05) is 11.9 Å². The van der Waals surface area contributed by atoms with Gasteiger partial charge in [0.05, 0.1) is 5.69 Å². The maximum atomic E-state index is 11.8. The van der Waals surface area contributed by atoms with Crippen LogP contribution in [0.15, 0.2) is 4.79 Å². The summed E-state index contributed by atoms with van der Waals surface area (Å²) in [7, 11) is 0. The Kier molecular flexibility index (Phi) is 2.71. The first-order chi connectivity index (χ1) is 7.46. The Labute approximate surface area is 94.7 Å². The lowest BCUT2D eigenvalue weighted by Gasteiger charge is -2.22. The fourth-order valence-electron chi connectivity index (χ4n) is 1.78. The van der Waals surface area contributed by atoms with Gasteiger partial charge in [-0.25, -0.2) is 4.98 Å². The van der Waals surface area contributed by atoms with Gasteiger partial charge in [-0.05, 0) is 33.7 Å². The van der Waals surface area contributed by atoms with Crippen molar-refractivity contribution in [3.63, 3.8) is 0 Å². The molecule has 2 rings (SSSR count). The summed E-state index contributed by atoms with van der Waals surface area (Å²) in [6.07, 6.45) is 0.757. The van der Waals surface area contributed by atoms with E-state index in [0.717, 1.165) is 24.2 Å². The van der Waals surface area contributed by atoms with E-state index in [0.29, 0.717) is 12.5 Å². The lowest BCUT2D eigenvalue weighted by Crippen LogP contribution is -2.34. The molecule has 0 atom stereocenters. The molecule has 2 heterocycles. The summed E-state index contributed by atoms with van der Waals surface area (Å²) in [6.45, 7) is 7.63. The smallest absolute Gasteiger partial charge is 0.255 e. The van der Waals surface area contributed by atoms with E-state index in [9.17, 15) is 4.79 Å². The Balaban J connectivity index is 2.36. The van der Waals surface area contributed by atoms with E-state index in [1.165, 1.54) is 0 Å². The predicted molar refractivity (Wildman–Crippen MR) is 63.6 cm³/mol. The summed E-state index contributed by atoms with van der Waals surface area (Å²) in [5.74, 6) is 0.556. The van der Waals surface area contributed by atoms with Gasteiger partial charge in [0.1, 0.15) is 0 Å². The Morgan fingerprint density at radius 1 is 1.38 bits per heavy atom. The zero-order valence-corrected chi connectivity index (χ0v) is 9.98. The van der Waals surface area contributed by atoms with E-state index in [2.05, 4.69) is 20.6 Å². The maximum absolute atomic E-state index is 11.8. The topological polar surface area (TPSA) is 69.8 Å². The molecule has 0 saturated heterocycles. The summed E-state index contributed by atoms with van der Waals surface area (Å²) in [6, 6.07) is 0. The number of hydrogen-bond acceptors (Lipinski definition) is 4.